The summed E-state index contributed by atoms with van der Waals surface area (Å²) < 4.78 is 26.9. The largest absolute Gasteiger partial charge is 0.395 e. The van der Waals surface area contributed by atoms with E-state index in [-0.39, 0.29) is 27.5 Å². The van der Waals surface area contributed by atoms with Crippen LogP contribution in [0.2, 0.25) is 10.0 Å². The lowest BCUT2D eigenvalue weighted by Gasteiger charge is -2.12. The van der Waals surface area contributed by atoms with Crippen molar-refractivity contribution in [3.05, 3.63) is 27.7 Å². The van der Waals surface area contributed by atoms with E-state index < -0.39 is 10.0 Å². The fraction of sp³-hybridized carbons (Fsp3) is 0.429. The van der Waals surface area contributed by atoms with Gasteiger partial charge in [-0.3, -0.25) is 0 Å². The van der Waals surface area contributed by atoms with Gasteiger partial charge in [0.15, 0.2) is 0 Å². The van der Waals surface area contributed by atoms with E-state index in [0.29, 0.717) is 18.5 Å². The number of aliphatic hydroxyl groups is 1. The summed E-state index contributed by atoms with van der Waals surface area (Å²) in [5.41, 5.74) is 0.501. The molecular formula is C14H17Cl2NO3S. The minimum Gasteiger partial charge on any atom is -0.395 e. The van der Waals surface area contributed by atoms with E-state index in [9.17, 15) is 8.42 Å². The van der Waals surface area contributed by atoms with Crippen LogP contribution in [0, 0.1) is 17.8 Å². The van der Waals surface area contributed by atoms with Gasteiger partial charge in [-0.2, -0.15) is 0 Å². The molecule has 2 N–H and O–H groups in total. The molecule has 0 atom stereocenters. The van der Waals surface area contributed by atoms with E-state index >= 15 is 0 Å². The molecule has 0 fully saturated rings. The predicted molar refractivity (Wildman–Crippen MR) is 85.1 cm³/mol. The second-order valence-electron chi connectivity index (χ2n) is 4.79. The van der Waals surface area contributed by atoms with Gasteiger partial charge in [-0.15, -0.1) is 0 Å². The van der Waals surface area contributed by atoms with E-state index in [1.54, 1.807) is 0 Å². The molecule has 0 saturated carbocycles. The molecule has 0 radical (unpaired) electrons. The van der Waals surface area contributed by atoms with E-state index in [2.05, 4.69) is 16.6 Å². The molecule has 0 saturated heterocycles. The van der Waals surface area contributed by atoms with Crippen molar-refractivity contribution in [3.63, 3.8) is 0 Å². The summed E-state index contributed by atoms with van der Waals surface area (Å²) in [6.07, 6.45) is 0.325. The fourth-order valence-corrected chi connectivity index (χ4v) is 3.88. The molecule has 4 nitrogen and oxygen atoms in total. The lowest BCUT2D eigenvalue weighted by molar-refractivity contribution is 0.305. The Hall–Kier alpha value is -0.770. The zero-order chi connectivity index (χ0) is 16.0. The molecule has 0 aliphatic carbocycles. The molecule has 1 aromatic carbocycles. The van der Waals surface area contributed by atoms with Gasteiger partial charge in [-0.05, 0) is 18.1 Å². The zero-order valence-corrected chi connectivity index (χ0v) is 14.1. The molecular weight excluding hydrogens is 333 g/mol. The monoisotopic (exact) mass is 349 g/mol. The smallest absolute Gasteiger partial charge is 0.243 e. The molecule has 7 heteroatoms. The first-order valence-electron chi connectivity index (χ1n) is 6.36. The standard InChI is InChI=1S/C14H17Cl2NO3S/c1-10(2)9-17-21(19,20)14-12(15)7-11(8-13(14)16)5-3-4-6-18/h7-8,10,17-18H,4,6,9H2,1-2H3. The summed E-state index contributed by atoms with van der Waals surface area (Å²) in [7, 11) is -3.76. The number of halogens is 2. The Labute approximate surface area is 135 Å². The van der Waals surface area contributed by atoms with E-state index in [0.717, 1.165) is 0 Å². The molecule has 1 aromatic rings. The predicted octanol–water partition coefficient (Wildman–Crippen LogP) is 2.66. The van der Waals surface area contributed by atoms with Crippen molar-refractivity contribution in [2.45, 2.75) is 25.2 Å². The molecule has 0 spiro atoms. The Kier molecular flexibility index (Phi) is 6.98. The number of benzene rings is 1. The molecule has 116 valence electrons. The maximum atomic E-state index is 12.2. The van der Waals surface area contributed by atoms with Gasteiger partial charge in [0, 0.05) is 18.5 Å². The summed E-state index contributed by atoms with van der Waals surface area (Å²) in [6, 6.07) is 2.89. The molecule has 0 aliphatic rings. The molecule has 1 rings (SSSR count). The van der Waals surface area contributed by atoms with E-state index in [4.69, 9.17) is 28.3 Å². The van der Waals surface area contributed by atoms with Crippen molar-refractivity contribution in [3.8, 4) is 11.8 Å². The zero-order valence-electron chi connectivity index (χ0n) is 11.8. The Morgan fingerprint density at radius 3 is 2.33 bits per heavy atom. The number of sulfonamides is 1. The van der Waals surface area contributed by atoms with Crippen LogP contribution in [0.3, 0.4) is 0 Å². The fourth-order valence-electron chi connectivity index (χ4n) is 1.46. The minimum atomic E-state index is -3.76. The van der Waals surface area contributed by atoms with Gasteiger partial charge >= 0.3 is 0 Å². The molecule has 0 heterocycles. The van der Waals surface area contributed by atoms with Gasteiger partial charge < -0.3 is 5.11 Å². The first kappa shape index (κ1) is 18.3. The molecule has 0 amide bonds. The van der Waals surface area contributed by atoms with E-state index in [1.807, 2.05) is 13.8 Å². The number of hydrogen-bond donors (Lipinski definition) is 2. The SMILES string of the molecule is CC(C)CNS(=O)(=O)c1c(Cl)cc(C#CCCO)cc1Cl. The topological polar surface area (TPSA) is 66.4 Å². The van der Waals surface area contributed by atoms with Crippen molar-refractivity contribution in [1.29, 1.82) is 0 Å². The Balaban J connectivity index is 3.14. The molecule has 0 bridgehead atoms. The lowest BCUT2D eigenvalue weighted by atomic mass is 10.2. The van der Waals surface area contributed by atoms with Gasteiger partial charge in [0.25, 0.3) is 0 Å². The van der Waals surface area contributed by atoms with Crippen LogP contribution in [0.5, 0.6) is 0 Å². The number of hydrogen-bond acceptors (Lipinski definition) is 3. The second kappa shape index (κ2) is 8.02. The van der Waals surface area contributed by atoms with Crippen LogP contribution in [-0.4, -0.2) is 26.7 Å². The summed E-state index contributed by atoms with van der Waals surface area (Å²) in [5.74, 6) is 5.65. The highest BCUT2D eigenvalue weighted by Gasteiger charge is 2.22. The van der Waals surface area contributed by atoms with Gasteiger partial charge in [-0.25, -0.2) is 13.1 Å². The van der Waals surface area contributed by atoms with Crippen molar-refractivity contribution in [2.24, 2.45) is 5.92 Å². The summed E-state index contributed by atoms with van der Waals surface area (Å²) >= 11 is 12.1. The van der Waals surface area contributed by atoms with Crippen LogP contribution in [0.25, 0.3) is 0 Å². The normalized spacial score (nSPS) is 11.3. The third kappa shape index (κ3) is 5.50. The summed E-state index contributed by atoms with van der Waals surface area (Å²) in [4.78, 5) is -0.140. The van der Waals surface area contributed by atoms with Crippen LogP contribution in [-0.2, 0) is 10.0 Å². The third-order valence-electron chi connectivity index (χ3n) is 2.42. The van der Waals surface area contributed by atoms with Crippen molar-refractivity contribution < 1.29 is 13.5 Å². The second-order valence-corrected chi connectivity index (χ2v) is 7.31. The highest BCUT2D eigenvalue weighted by molar-refractivity contribution is 7.89. The Bertz CT molecular complexity index is 638. The van der Waals surface area contributed by atoms with Crippen LogP contribution in [0.1, 0.15) is 25.8 Å². The molecule has 0 unspecified atom stereocenters. The van der Waals surface area contributed by atoms with Crippen molar-refractivity contribution >= 4 is 33.2 Å². The molecule has 21 heavy (non-hydrogen) atoms. The molecule has 0 aromatic heterocycles. The highest BCUT2D eigenvalue weighted by atomic mass is 35.5. The Morgan fingerprint density at radius 2 is 1.86 bits per heavy atom. The maximum absolute atomic E-state index is 12.2. The first-order chi connectivity index (χ1) is 9.77. The highest BCUT2D eigenvalue weighted by Crippen LogP contribution is 2.30. The van der Waals surface area contributed by atoms with Gasteiger partial charge in [0.2, 0.25) is 10.0 Å². The van der Waals surface area contributed by atoms with E-state index in [1.165, 1.54) is 12.1 Å². The van der Waals surface area contributed by atoms with Gasteiger partial charge in [-0.1, -0.05) is 48.9 Å². The average molecular weight is 350 g/mol. The average Bonchev–Trinajstić information content (AvgIpc) is 2.36. The number of aliphatic hydroxyl groups excluding tert-OH is 1. The van der Waals surface area contributed by atoms with Gasteiger partial charge in [0.05, 0.1) is 16.7 Å². The first-order valence-corrected chi connectivity index (χ1v) is 8.60. The van der Waals surface area contributed by atoms with Crippen molar-refractivity contribution in [1.82, 2.24) is 4.72 Å². The molecule has 0 aliphatic heterocycles. The quantitative estimate of drug-likeness (QED) is 0.803. The minimum absolute atomic E-state index is 0.0204. The number of rotatable bonds is 5. The maximum Gasteiger partial charge on any atom is 0.243 e. The third-order valence-corrected chi connectivity index (χ3v) is 4.76. The number of nitrogens with one attached hydrogen (secondary N) is 1. The van der Waals surface area contributed by atoms with Crippen LogP contribution >= 0.6 is 23.2 Å². The Morgan fingerprint density at radius 1 is 1.29 bits per heavy atom. The van der Waals surface area contributed by atoms with Crippen LogP contribution < -0.4 is 4.72 Å². The van der Waals surface area contributed by atoms with Crippen molar-refractivity contribution in [2.75, 3.05) is 13.2 Å². The van der Waals surface area contributed by atoms with Crippen LogP contribution in [0.4, 0.5) is 0 Å². The summed E-state index contributed by atoms with van der Waals surface area (Å²) in [5, 5.41) is 8.71. The summed E-state index contributed by atoms with van der Waals surface area (Å²) in [6.45, 7) is 4.05. The van der Waals surface area contributed by atoms with Gasteiger partial charge in [0.1, 0.15) is 4.90 Å². The lowest BCUT2D eigenvalue weighted by Crippen LogP contribution is -2.28. The van der Waals surface area contributed by atoms with Crippen LogP contribution in [0.15, 0.2) is 17.0 Å².